The molecule has 1 unspecified atom stereocenters. The van der Waals surface area contributed by atoms with Crippen molar-refractivity contribution in [3.05, 3.63) is 64.2 Å². The standard InChI is InChI=1S/C18H20N2O2S/c1-12-10-13(2)15(4)18(14(12)3)23(21,22)20-17(11-19)16-8-6-5-7-9-16/h5-10,17,20H,1-4H3. The normalized spacial score (nSPS) is 12.7. The van der Waals surface area contributed by atoms with Crippen LogP contribution in [-0.2, 0) is 10.0 Å². The summed E-state index contributed by atoms with van der Waals surface area (Å²) in [6.45, 7) is 7.36. The Morgan fingerprint density at radius 1 is 1.00 bits per heavy atom. The number of rotatable bonds is 4. The molecular formula is C18H20N2O2S. The summed E-state index contributed by atoms with van der Waals surface area (Å²) in [6.07, 6.45) is 0. The summed E-state index contributed by atoms with van der Waals surface area (Å²) < 4.78 is 28.2. The monoisotopic (exact) mass is 328 g/mol. The average Bonchev–Trinajstić information content (AvgIpc) is 2.51. The minimum Gasteiger partial charge on any atom is -0.207 e. The second-order valence-corrected chi connectivity index (χ2v) is 7.33. The van der Waals surface area contributed by atoms with Gasteiger partial charge in [-0.05, 0) is 55.5 Å². The lowest BCUT2D eigenvalue weighted by molar-refractivity contribution is 0.574. The SMILES string of the molecule is Cc1cc(C)c(C)c(S(=O)(=O)NC(C#N)c2ccccc2)c1C. The molecule has 0 fully saturated rings. The number of benzene rings is 2. The van der Waals surface area contributed by atoms with Gasteiger partial charge in [0.15, 0.2) is 0 Å². The second-order valence-electron chi connectivity index (χ2n) is 5.68. The molecule has 0 spiro atoms. The molecule has 0 bridgehead atoms. The molecule has 0 amide bonds. The van der Waals surface area contributed by atoms with E-state index < -0.39 is 16.1 Å². The van der Waals surface area contributed by atoms with Crippen molar-refractivity contribution in [2.45, 2.75) is 38.6 Å². The first-order valence-corrected chi connectivity index (χ1v) is 8.80. The van der Waals surface area contributed by atoms with Gasteiger partial charge in [-0.15, -0.1) is 0 Å². The zero-order valence-corrected chi connectivity index (χ0v) is 14.5. The van der Waals surface area contributed by atoms with Crippen LogP contribution in [-0.4, -0.2) is 8.42 Å². The summed E-state index contributed by atoms with van der Waals surface area (Å²) in [5.74, 6) is 0. The molecule has 4 nitrogen and oxygen atoms in total. The molecule has 5 heteroatoms. The lowest BCUT2D eigenvalue weighted by Gasteiger charge is -2.18. The average molecular weight is 328 g/mol. The number of sulfonamides is 1. The largest absolute Gasteiger partial charge is 0.242 e. The summed E-state index contributed by atoms with van der Waals surface area (Å²) in [4.78, 5) is 0.270. The molecule has 0 radical (unpaired) electrons. The number of aryl methyl sites for hydroxylation is 2. The molecule has 2 aromatic rings. The van der Waals surface area contributed by atoms with Crippen molar-refractivity contribution < 1.29 is 8.42 Å². The van der Waals surface area contributed by atoms with Crippen molar-refractivity contribution in [1.29, 1.82) is 5.26 Å². The van der Waals surface area contributed by atoms with Gasteiger partial charge in [0.25, 0.3) is 0 Å². The van der Waals surface area contributed by atoms with Crippen LogP contribution in [0.1, 0.15) is 33.9 Å². The number of hydrogen-bond donors (Lipinski definition) is 1. The maximum atomic E-state index is 12.9. The van der Waals surface area contributed by atoms with E-state index in [4.69, 9.17) is 0 Å². The minimum atomic E-state index is -3.80. The molecule has 1 atom stereocenters. The highest BCUT2D eigenvalue weighted by Gasteiger charge is 2.25. The summed E-state index contributed by atoms with van der Waals surface area (Å²) in [7, 11) is -3.80. The predicted molar refractivity (Wildman–Crippen MR) is 90.5 cm³/mol. The van der Waals surface area contributed by atoms with Gasteiger partial charge in [0.05, 0.1) is 11.0 Å². The van der Waals surface area contributed by atoms with E-state index in [0.717, 1.165) is 11.1 Å². The van der Waals surface area contributed by atoms with E-state index in [2.05, 4.69) is 4.72 Å². The van der Waals surface area contributed by atoms with E-state index >= 15 is 0 Å². The van der Waals surface area contributed by atoms with Gasteiger partial charge in [0.2, 0.25) is 10.0 Å². The highest BCUT2D eigenvalue weighted by molar-refractivity contribution is 7.89. The fraction of sp³-hybridized carbons (Fsp3) is 0.278. The van der Waals surface area contributed by atoms with Gasteiger partial charge in [-0.25, -0.2) is 8.42 Å². The van der Waals surface area contributed by atoms with Crippen LogP contribution in [0, 0.1) is 39.0 Å². The summed E-state index contributed by atoms with van der Waals surface area (Å²) in [5, 5.41) is 9.36. The number of nitrogens with zero attached hydrogens (tertiary/aromatic N) is 1. The molecule has 1 N–H and O–H groups in total. The van der Waals surface area contributed by atoms with Gasteiger partial charge < -0.3 is 0 Å². The molecule has 0 saturated carbocycles. The van der Waals surface area contributed by atoms with E-state index in [0.29, 0.717) is 16.7 Å². The molecular weight excluding hydrogens is 308 g/mol. The van der Waals surface area contributed by atoms with E-state index in [1.165, 1.54) is 0 Å². The number of nitrogens with one attached hydrogen (secondary N) is 1. The predicted octanol–water partition coefficient (Wildman–Crippen LogP) is 3.46. The zero-order chi connectivity index (χ0) is 17.2. The van der Waals surface area contributed by atoms with Crippen molar-refractivity contribution >= 4 is 10.0 Å². The fourth-order valence-electron chi connectivity index (χ4n) is 2.61. The van der Waals surface area contributed by atoms with E-state index in [-0.39, 0.29) is 4.90 Å². The maximum absolute atomic E-state index is 12.9. The smallest absolute Gasteiger partial charge is 0.207 e. The quantitative estimate of drug-likeness (QED) is 0.934. The molecule has 2 rings (SSSR count). The molecule has 0 heterocycles. The van der Waals surface area contributed by atoms with E-state index in [9.17, 15) is 13.7 Å². The van der Waals surface area contributed by atoms with Crippen LogP contribution in [0.2, 0.25) is 0 Å². The maximum Gasteiger partial charge on any atom is 0.242 e. The van der Waals surface area contributed by atoms with E-state index in [1.807, 2.05) is 32.0 Å². The van der Waals surface area contributed by atoms with Gasteiger partial charge in [-0.3, -0.25) is 0 Å². The molecule has 120 valence electrons. The summed E-state index contributed by atoms with van der Waals surface area (Å²) >= 11 is 0. The van der Waals surface area contributed by atoms with Crippen molar-refractivity contribution in [2.24, 2.45) is 0 Å². The van der Waals surface area contributed by atoms with Gasteiger partial charge in [0, 0.05) is 0 Å². The van der Waals surface area contributed by atoms with Crippen molar-refractivity contribution in [3.8, 4) is 6.07 Å². The van der Waals surface area contributed by atoms with Crippen LogP contribution in [0.4, 0.5) is 0 Å². The van der Waals surface area contributed by atoms with Gasteiger partial charge in [-0.1, -0.05) is 36.4 Å². The molecule has 2 aromatic carbocycles. The Bertz CT molecular complexity index is 840. The zero-order valence-electron chi connectivity index (χ0n) is 13.7. The summed E-state index contributed by atoms with van der Waals surface area (Å²) in [6, 6.07) is 11.9. The second kappa shape index (κ2) is 6.53. The Balaban J connectivity index is 2.50. The topological polar surface area (TPSA) is 70.0 Å². The number of hydrogen-bond acceptors (Lipinski definition) is 3. The van der Waals surface area contributed by atoms with Crippen LogP contribution in [0.15, 0.2) is 41.3 Å². The molecule has 0 saturated heterocycles. The molecule has 0 aliphatic carbocycles. The van der Waals surface area contributed by atoms with E-state index in [1.54, 1.807) is 38.1 Å². The lowest BCUT2D eigenvalue weighted by atomic mass is 10.0. The molecule has 0 aliphatic rings. The number of nitriles is 1. The highest BCUT2D eigenvalue weighted by atomic mass is 32.2. The Kier molecular flexibility index (Phi) is 4.88. The highest BCUT2D eigenvalue weighted by Crippen LogP contribution is 2.27. The first kappa shape index (κ1) is 17.2. The van der Waals surface area contributed by atoms with Crippen LogP contribution in [0.25, 0.3) is 0 Å². The van der Waals surface area contributed by atoms with Crippen LogP contribution >= 0.6 is 0 Å². The van der Waals surface area contributed by atoms with Crippen LogP contribution < -0.4 is 4.72 Å². The Hall–Kier alpha value is -2.16. The van der Waals surface area contributed by atoms with Crippen LogP contribution in [0.3, 0.4) is 0 Å². The Labute approximate surface area is 137 Å². The third-order valence-corrected chi connectivity index (χ3v) is 5.80. The Morgan fingerprint density at radius 2 is 1.52 bits per heavy atom. The van der Waals surface area contributed by atoms with Crippen LogP contribution in [0.5, 0.6) is 0 Å². The first-order chi connectivity index (χ1) is 10.8. The van der Waals surface area contributed by atoms with Crippen molar-refractivity contribution in [2.75, 3.05) is 0 Å². The van der Waals surface area contributed by atoms with Gasteiger partial charge in [0.1, 0.15) is 6.04 Å². The Morgan fingerprint density at radius 3 is 2.00 bits per heavy atom. The third-order valence-electron chi connectivity index (χ3n) is 4.10. The van der Waals surface area contributed by atoms with Crippen molar-refractivity contribution in [3.63, 3.8) is 0 Å². The van der Waals surface area contributed by atoms with Crippen molar-refractivity contribution in [1.82, 2.24) is 4.72 Å². The van der Waals surface area contributed by atoms with Gasteiger partial charge >= 0.3 is 0 Å². The molecule has 0 aromatic heterocycles. The minimum absolute atomic E-state index is 0.270. The summed E-state index contributed by atoms with van der Waals surface area (Å²) in [5.41, 5.74) is 3.89. The van der Waals surface area contributed by atoms with Gasteiger partial charge in [-0.2, -0.15) is 9.98 Å². The molecule has 0 aliphatic heterocycles. The first-order valence-electron chi connectivity index (χ1n) is 7.32. The lowest BCUT2D eigenvalue weighted by Crippen LogP contribution is -2.29. The fourth-order valence-corrected chi connectivity index (χ4v) is 4.36. The third kappa shape index (κ3) is 3.44. The molecule has 23 heavy (non-hydrogen) atoms.